The summed E-state index contributed by atoms with van der Waals surface area (Å²) in [5.41, 5.74) is 1.96. The number of hydrogen-bond donors (Lipinski definition) is 2. The summed E-state index contributed by atoms with van der Waals surface area (Å²) in [6.45, 7) is 0. The van der Waals surface area contributed by atoms with Crippen LogP contribution in [0, 0.1) is 0 Å². The van der Waals surface area contributed by atoms with Gasteiger partial charge in [-0.25, -0.2) is 0 Å². The summed E-state index contributed by atoms with van der Waals surface area (Å²) < 4.78 is 11.4. The molecule has 28 heavy (non-hydrogen) atoms. The normalized spacial score (nSPS) is 13.9. The number of carbonyl (C=O) groups is 2. The van der Waals surface area contributed by atoms with Crippen molar-refractivity contribution < 1.29 is 24.2 Å². The van der Waals surface area contributed by atoms with Crippen LogP contribution < -0.4 is 14.8 Å². The van der Waals surface area contributed by atoms with Crippen LogP contribution in [-0.4, -0.2) is 30.2 Å². The van der Waals surface area contributed by atoms with Gasteiger partial charge in [-0.3, -0.25) is 9.59 Å². The van der Waals surface area contributed by atoms with Gasteiger partial charge in [-0.15, -0.1) is 0 Å². The third-order valence-corrected chi connectivity index (χ3v) is 4.83. The Labute approximate surface area is 164 Å². The summed E-state index contributed by atoms with van der Waals surface area (Å²) in [7, 11) is 1.58. The van der Waals surface area contributed by atoms with Crippen molar-refractivity contribution in [1.82, 2.24) is 0 Å². The van der Waals surface area contributed by atoms with Crippen LogP contribution in [0.15, 0.2) is 42.5 Å². The first kappa shape index (κ1) is 19.7. The molecule has 2 N–H and O–H groups in total. The van der Waals surface area contributed by atoms with Gasteiger partial charge in [0.25, 0.3) is 5.91 Å². The molecule has 148 valence electrons. The first-order valence-electron chi connectivity index (χ1n) is 9.52. The van der Waals surface area contributed by atoms with Crippen molar-refractivity contribution in [1.29, 1.82) is 0 Å². The smallest absolute Gasteiger partial charge is 0.303 e. The Kier molecular flexibility index (Phi) is 6.53. The summed E-state index contributed by atoms with van der Waals surface area (Å²) >= 11 is 0. The van der Waals surface area contributed by atoms with E-state index >= 15 is 0 Å². The van der Waals surface area contributed by atoms with E-state index in [9.17, 15) is 9.59 Å². The van der Waals surface area contributed by atoms with Gasteiger partial charge < -0.3 is 19.9 Å². The minimum absolute atomic E-state index is 0.0533. The van der Waals surface area contributed by atoms with Crippen molar-refractivity contribution in [2.24, 2.45) is 0 Å². The van der Waals surface area contributed by atoms with Crippen molar-refractivity contribution in [3.05, 3.63) is 53.6 Å². The molecule has 6 nitrogen and oxygen atoms in total. The number of benzene rings is 2. The monoisotopic (exact) mass is 383 g/mol. The first-order chi connectivity index (χ1) is 13.5. The molecule has 1 aliphatic rings. The highest BCUT2D eigenvalue weighted by atomic mass is 16.5. The van der Waals surface area contributed by atoms with E-state index in [-0.39, 0.29) is 18.4 Å². The largest absolute Gasteiger partial charge is 0.493 e. The average Bonchev–Trinajstić information content (AvgIpc) is 3.19. The third-order valence-electron chi connectivity index (χ3n) is 4.83. The Morgan fingerprint density at radius 2 is 1.89 bits per heavy atom. The SMILES string of the molecule is COc1ccc(C(=O)Nc2cccc(CCC(=O)O)c2)cc1OC1CCCC1. The number of ether oxygens (including phenoxy) is 2. The lowest BCUT2D eigenvalue weighted by Gasteiger charge is -2.17. The Bertz CT molecular complexity index is 843. The van der Waals surface area contributed by atoms with Crippen LogP contribution >= 0.6 is 0 Å². The van der Waals surface area contributed by atoms with E-state index in [0.29, 0.717) is 29.2 Å². The number of carboxylic acid groups (broad SMARTS) is 1. The zero-order valence-corrected chi connectivity index (χ0v) is 15.9. The molecule has 0 aliphatic heterocycles. The van der Waals surface area contributed by atoms with Crippen LogP contribution in [0.2, 0.25) is 0 Å². The predicted octanol–water partition coefficient (Wildman–Crippen LogP) is 4.29. The van der Waals surface area contributed by atoms with Crippen LogP contribution in [0.25, 0.3) is 0 Å². The zero-order valence-electron chi connectivity index (χ0n) is 15.9. The van der Waals surface area contributed by atoms with Crippen molar-refractivity contribution in [3.8, 4) is 11.5 Å². The molecule has 0 aromatic heterocycles. The van der Waals surface area contributed by atoms with E-state index in [2.05, 4.69) is 5.32 Å². The number of amides is 1. The highest BCUT2D eigenvalue weighted by Crippen LogP contribution is 2.32. The fourth-order valence-corrected chi connectivity index (χ4v) is 3.35. The van der Waals surface area contributed by atoms with Crippen LogP contribution in [-0.2, 0) is 11.2 Å². The van der Waals surface area contributed by atoms with Crippen LogP contribution in [0.1, 0.15) is 48.0 Å². The summed E-state index contributed by atoms with van der Waals surface area (Å²) in [6.07, 6.45) is 4.99. The number of anilines is 1. The topological polar surface area (TPSA) is 84.9 Å². The average molecular weight is 383 g/mol. The third kappa shape index (κ3) is 5.25. The Balaban J connectivity index is 1.71. The molecule has 1 aliphatic carbocycles. The Morgan fingerprint density at radius 1 is 1.11 bits per heavy atom. The second kappa shape index (κ2) is 9.26. The van der Waals surface area contributed by atoms with E-state index in [4.69, 9.17) is 14.6 Å². The number of aliphatic carboxylic acids is 1. The Hall–Kier alpha value is -3.02. The minimum Gasteiger partial charge on any atom is -0.493 e. The summed E-state index contributed by atoms with van der Waals surface area (Å²) in [5, 5.41) is 11.7. The zero-order chi connectivity index (χ0) is 19.9. The molecular weight excluding hydrogens is 358 g/mol. The minimum atomic E-state index is -0.845. The molecule has 0 spiro atoms. The molecule has 0 atom stereocenters. The molecule has 3 rings (SSSR count). The summed E-state index contributed by atoms with van der Waals surface area (Å²) in [5.74, 6) is 0.0909. The van der Waals surface area contributed by atoms with Crippen LogP contribution in [0.4, 0.5) is 5.69 Å². The van der Waals surface area contributed by atoms with Gasteiger partial charge in [0.2, 0.25) is 0 Å². The predicted molar refractivity (Wildman–Crippen MR) is 106 cm³/mol. The summed E-state index contributed by atoms with van der Waals surface area (Å²) in [4.78, 5) is 23.4. The maximum Gasteiger partial charge on any atom is 0.303 e. The number of carbonyl (C=O) groups excluding carboxylic acids is 1. The molecule has 1 amide bonds. The number of methoxy groups -OCH3 is 1. The lowest BCUT2D eigenvalue weighted by molar-refractivity contribution is -0.136. The molecule has 6 heteroatoms. The van der Waals surface area contributed by atoms with E-state index in [1.165, 1.54) is 0 Å². The molecule has 1 fully saturated rings. The van der Waals surface area contributed by atoms with Gasteiger partial charge >= 0.3 is 5.97 Å². The van der Waals surface area contributed by atoms with Gasteiger partial charge in [0.15, 0.2) is 11.5 Å². The van der Waals surface area contributed by atoms with E-state index < -0.39 is 5.97 Å². The van der Waals surface area contributed by atoms with Crippen LogP contribution in [0.3, 0.4) is 0 Å². The number of carboxylic acids is 1. The van der Waals surface area contributed by atoms with Gasteiger partial charge in [-0.05, 0) is 68.0 Å². The van der Waals surface area contributed by atoms with Crippen molar-refractivity contribution in [2.45, 2.75) is 44.6 Å². The fraction of sp³-hybridized carbons (Fsp3) is 0.364. The summed E-state index contributed by atoms with van der Waals surface area (Å²) in [6, 6.07) is 12.4. The Morgan fingerprint density at radius 3 is 2.61 bits per heavy atom. The van der Waals surface area contributed by atoms with E-state index in [0.717, 1.165) is 31.2 Å². The maximum atomic E-state index is 12.7. The van der Waals surface area contributed by atoms with Gasteiger partial charge in [0.05, 0.1) is 13.2 Å². The lowest BCUT2D eigenvalue weighted by atomic mass is 10.1. The van der Waals surface area contributed by atoms with Gasteiger partial charge in [-0.2, -0.15) is 0 Å². The molecule has 0 saturated heterocycles. The van der Waals surface area contributed by atoms with Crippen molar-refractivity contribution in [2.75, 3.05) is 12.4 Å². The van der Waals surface area contributed by atoms with Gasteiger partial charge in [0, 0.05) is 17.7 Å². The molecule has 0 radical (unpaired) electrons. The van der Waals surface area contributed by atoms with Gasteiger partial charge in [-0.1, -0.05) is 12.1 Å². The number of hydrogen-bond acceptors (Lipinski definition) is 4. The van der Waals surface area contributed by atoms with E-state index in [1.54, 1.807) is 43.5 Å². The van der Waals surface area contributed by atoms with Gasteiger partial charge in [0.1, 0.15) is 0 Å². The molecule has 0 bridgehead atoms. The number of rotatable bonds is 8. The molecule has 0 heterocycles. The quantitative estimate of drug-likeness (QED) is 0.710. The van der Waals surface area contributed by atoms with E-state index in [1.807, 2.05) is 6.07 Å². The standard InChI is InChI=1S/C22H25NO5/c1-27-19-11-10-16(14-20(19)28-18-7-2-3-8-18)22(26)23-17-6-4-5-15(13-17)9-12-21(24)25/h4-6,10-11,13-14,18H,2-3,7-9,12H2,1H3,(H,23,26)(H,24,25). The first-order valence-corrected chi connectivity index (χ1v) is 9.52. The molecular formula is C22H25NO5. The fourth-order valence-electron chi connectivity index (χ4n) is 3.35. The number of nitrogens with one attached hydrogen (secondary N) is 1. The highest BCUT2D eigenvalue weighted by molar-refractivity contribution is 6.04. The van der Waals surface area contributed by atoms with Crippen LogP contribution in [0.5, 0.6) is 11.5 Å². The molecule has 1 saturated carbocycles. The number of aryl methyl sites for hydroxylation is 1. The van der Waals surface area contributed by atoms with Crippen molar-refractivity contribution in [3.63, 3.8) is 0 Å². The molecule has 0 unspecified atom stereocenters. The van der Waals surface area contributed by atoms with Crippen molar-refractivity contribution >= 4 is 17.6 Å². The molecule has 2 aromatic rings. The highest BCUT2D eigenvalue weighted by Gasteiger charge is 2.19. The maximum absolute atomic E-state index is 12.7. The second-order valence-corrected chi connectivity index (χ2v) is 6.94. The molecule has 2 aromatic carbocycles. The lowest BCUT2D eigenvalue weighted by Crippen LogP contribution is -2.15. The second-order valence-electron chi connectivity index (χ2n) is 6.94.